The predicted molar refractivity (Wildman–Crippen MR) is 89.0 cm³/mol. The van der Waals surface area contributed by atoms with Gasteiger partial charge < -0.3 is 9.47 Å². The molecular weight excluding hydrogens is 347 g/mol. The van der Waals surface area contributed by atoms with E-state index in [0.717, 1.165) is 11.1 Å². The molecule has 0 amide bonds. The van der Waals surface area contributed by atoms with Crippen molar-refractivity contribution in [3.05, 3.63) is 47.0 Å². The Hall–Kier alpha value is -2.35. The van der Waals surface area contributed by atoms with Crippen LogP contribution in [0.3, 0.4) is 0 Å². The molecule has 5 nitrogen and oxygen atoms in total. The average Bonchev–Trinajstić information content (AvgIpc) is 2.62. The van der Waals surface area contributed by atoms with Crippen molar-refractivity contribution in [1.82, 2.24) is 14.9 Å². The number of methoxy groups -OCH3 is 1. The van der Waals surface area contributed by atoms with Crippen molar-refractivity contribution in [2.45, 2.75) is 32.6 Å². The number of alkyl halides is 3. The summed E-state index contributed by atoms with van der Waals surface area (Å²) >= 11 is 0. The topological polar surface area (TPSA) is 47.5 Å². The van der Waals surface area contributed by atoms with E-state index in [4.69, 9.17) is 9.47 Å². The molecule has 0 atom stereocenters. The fourth-order valence-electron chi connectivity index (χ4n) is 3.04. The minimum absolute atomic E-state index is 0.453. The third-order valence-corrected chi connectivity index (χ3v) is 4.23. The number of rotatable bonds is 5. The van der Waals surface area contributed by atoms with Gasteiger partial charge in [0, 0.05) is 43.4 Å². The van der Waals surface area contributed by atoms with E-state index in [-0.39, 0.29) is 0 Å². The Balaban J connectivity index is 1.78. The van der Waals surface area contributed by atoms with Gasteiger partial charge in [-0.2, -0.15) is 13.2 Å². The van der Waals surface area contributed by atoms with Crippen molar-refractivity contribution >= 4 is 0 Å². The predicted octanol–water partition coefficient (Wildman–Crippen LogP) is 3.46. The van der Waals surface area contributed by atoms with Gasteiger partial charge >= 0.3 is 6.18 Å². The second-order valence-electron chi connectivity index (χ2n) is 6.01. The molecule has 2 aromatic rings. The SMILES string of the molecule is CCOc1c(CN2CCc3nc(C(F)(F)F)ncc3C2)cccc1OC. The molecule has 1 aromatic carbocycles. The number of aromatic nitrogens is 2. The largest absolute Gasteiger partial charge is 0.493 e. The fraction of sp³-hybridized carbons (Fsp3) is 0.444. The van der Waals surface area contributed by atoms with Gasteiger partial charge in [-0.15, -0.1) is 0 Å². The number of nitrogens with zero attached hydrogens (tertiary/aromatic N) is 3. The molecule has 0 N–H and O–H groups in total. The number of hydrogen-bond donors (Lipinski definition) is 0. The summed E-state index contributed by atoms with van der Waals surface area (Å²) in [6.07, 6.45) is -2.78. The molecule has 0 saturated carbocycles. The lowest BCUT2D eigenvalue weighted by molar-refractivity contribution is -0.145. The van der Waals surface area contributed by atoms with Crippen LogP contribution in [0.15, 0.2) is 24.4 Å². The van der Waals surface area contributed by atoms with Crippen molar-refractivity contribution < 1.29 is 22.6 Å². The normalized spacial score (nSPS) is 14.8. The van der Waals surface area contributed by atoms with Crippen LogP contribution >= 0.6 is 0 Å². The van der Waals surface area contributed by atoms with Crippen LogP contribution in [-0.2, 0) is 25.7 Å². The highest BCUT2D eigenvalue weighted by atomic mass is 19.4. The third kappa shape index (κ3) is 3.90. The van der Waals surface area contributed by atoms with Crippen molar-refractivity contribution in [2.75, 3.05) is 20.3 Å². The first-order chi connectivity index (χ1) is 12.4. The smallest absolute Gasteiger partial charge is 0.451 e. The average molecular weight is 367 g/mol. The van der Waals surface area contributed by atoms with Crippen LogP contribution in [0.25, 0.3) is 0 Å². The van der Waals surface area contributed by atoms with E-state index in [2.05, 4.69) is 14.9 Å². The summed E-state index contributed by atoms with van der Waals surface area (Å²) in [5, 5.41) is 0. The number of benzene rings is 1. The first kappa shape index (κ1) is 18.4. The standard InChI is InChI=1S/C18H20F3N3O2/c1-3-26-16-12(5-4-6-15(16)25-2)10-24-8-7-14-13(11-24)9-22-17(23-14)18(19,20)21/h4-6,9H,3,7-8,10-11H2,1-2H3. The number of ether oxygens (including phenoxy) is 2. The van der Waals surface area contributed by atoms with Crippen molar-refractivity contribution in [1.29, 1.82) is 0 Å². The van der Waals surface area contributed by atoms with Crippen molar-refractivity contribution in [2.24, 2.45) is 0 Å². The molecular formula is C18H20F3N3O2. The molecule has 140 valence electrons. The van der Waals surface area contributed by atoms with Gasteiger partial charge in [0.1, 0.15) is 0 Å². The zero-order valence-electron chi connectivity index (χ0n) is 14.6. The second-order valence-corrected chi connectivity index (χ2v) is 6.01. The van der Waals surface area contributed by atoms with Gasteiger partial charge in [-0.1, -0.05) is 12.1 Å². The van der Waals surface area contributed by atoms with Crippen LogP contribution in [0.2, 0.25) is 0 Å². The van der Waals surface area contributed by atoms with Crippen LogP contribution in [0.4, 0.5) is 13.2 Å². The van der Waals surface area contributed by atoms with Crippen LogP contribution < -0.4 is 9.47 Å². The van der Waals surface area contributed by atoms with E-state index >= 15 is 0 Å². The lowest BCUT2D eigenvalue weighted by Gasteiger charge is -2.29. The molecule has 0 radical (unpaired) electrons. The molecule has 2 heterocycles. The summed E-state index contributed by atoms with van der Waals surface area (Å²) in [4.78, 5) is 9.30. The maximum Gasteiger partial charge on any atom is 0.451 e. The van der Waals surface area contributed by atoms with Gasteiger partial charge in [0.15, 0.2) is 11.5 Å². The Kier molecular flexibility index (Phi) is 5.31. The van der Waals surface area contributed by atoms with Gasteiger partial charge in [0.2, 0.25) is 5.82 Å². The van der Waals surface area contributed by atoms with E-state index in [1.807, 2.05) is 25.1 Å². The molecule has 0 unspecified atom stereocenters. The van der Waals surface area contributed by atoms with E-state index in [1.54, 1.807) is 7.11 Å². The van der Waals surface area contributed by atoms with Crippen molar-refractivity contribution in [3.8, 4) is 11.5 Å². The first-order valence-corrected chi connectivity index (χ1v) is 8.35. The van der Waals surface area contributed by atoms with E-state index in [1.165, 1.54) is 6.20 Å². The molecule has 0 spiro atoms. The zero-order chi connectivity index (χ0) is 18.7. The summed E-state index contributed by atoms with van der Waals surface area (Å²) in [6, 6.07) is 5.70. The number of halogens is 3. The molecule has 8 heteroatoms. The number of hydrogen-bond acceptors (Lipinski definition) is 5. The Labute approximate surface area is 149 Å². The Morgan fingerprint density at radius 3 is 2.77 bits per heavy atom. The molecule has 0 aliphatic carbocycles. The Morgan fingerprint density at radius 2 is 2.08 bits per heavy atom. The first-order valence-electron chi connectivity index (χ1n) is 8.35. The van der Waals surface area contributed by atoms with E-state index in [9.17, 15) is 13.2 Å². The van der Waals surface area contributed by atoms with Crippen LogP contribution in [0.1, 0.15) is 29.6 Å². The highest BCUT2D eigenvalue weighted by Gasteiger charge is 2.35. The Morgan fingerprint density at radius 1 is 1.27 bits per heavy atom. The summed E-state index contributed by atoms with van der Waals surface area (Å²) < 4.78 is 49.3. The van der Waals surface area contributed by atoms with Gasteiger partial charge in [0.05, 0.1) is 19.4 Å². The molecule has 0 bridgehead atoms. The van der Waals surface area contributed by atoms with Gasteiger partial charge in [-0.05, 0) is 13.0 Å². The number of fused-ring (bicyclic) bond motifs is 1. The third-order valence-electron chi connectivity index (χ3n) is 4.23. The highest BCUT2D eigenvalue weighted by molar-refractivity contribution is 5.46. The van der Waals surface area contributed by atoms with Gasteiger partial charge in [0.25, 0.3) is 0 Å². The maximum absolute atomic E-state index is 12.7. The second kappa shape index (κ2) is 7.49. The van der Waals surface area contributed by atoms with Gasteiger partial charge in [-0.25, -0.2) is 9.97 Å². The molecule has 1 aliphatic heterocycles. The van der Waals surface area contributed by atoms with Crippen LogP contribution in [0.5, 0.6) is 11.5 Å². The summed E-state index contributed by atoms with van der Waals surface area (Å²) in [5.41, 5.74) is 2.17. The zero-order valence-corrected chi connectivity index (χ0v) is 14.6. The summed E-state index contributed by atoms with van der Waals surface area (Å²) in [5.74, 6) is 0.294. The van der Waals surface area contributed by atoms with Crippen molar-refractivity contribution in [3.63, 3.8) is 0 Å². The summed E-state index contributed by atoms with van der Waals surface area (Å²) in [7, 11) is 1.59. The Bertz CT molecular complexity index is 781. The molecule has 0 fully saturated rings. The molecule has 1 aliphatic rings. The molecule has 26 heavy (non-hydrogen) atoms. The lowest BCUT2D eigenvalue weighted by atomic mass is 10.1. The lowest BCUT2D eigenvalue weighted by Crippen LogP contribution is -2.31. The number of para-hydroxylation sites is 1. The highest BCUT2D eigenvalue weighted by Crippen LogP contribution is 2.33. The molecule has 3 rings (SSSR count). The van der Waals surface area contributed by atoms with E-state index in [0.29, 0.717) is 49.9 Å². The summed E-state index contributed by atoms with van der Waals surface area (Å²) in [6.45, 7) is 4.14. The minimum atomic E-state index is -4.51. The monoisotopic (exact) mass is 367 g/mol. The van der Waals surface area contributed by atoms with E-state index < -0.39 is 12.0 Å². The van der Waals surface area contributed by atoms with Gasteiger partial charge in [-0.3, -0.25) is 4.90 Å². The molecule has 1 aromatic heterocycles. The quantitative estimate of drug-likeness (QED) is 0.810. The van der Waals surface area contributed by atoms with Crippen LogP contribution in [-0.4, -0.2) is 35.1 Å². The maximum atomic E-state index is 12.7. The van der Waals surface area contributed by atoms with Crippen LogP contribution in [0, 0.1) is 0 Å². The fourth-order valence-corrected chi connectivity index (χ4v) is 3.04. The minimum Gasteiger partial charge on any atom is -0.493 e. The molecule has 0 saturated heterocycles.